The highest BCUT2D eigenvalue weighted by molar-refractivity contribution is 7.98. The number of carbonyl (C=O) groups excluding carboxylic acids is 1. The van der Waals surface area contributed by atoms with Crippen LogP contribution in [0.3, 0.4) is 0 Å². The first-order valence-corrected chi connectivity index (χ1v) is 12.9. The van der Waals surface area contributed by atoms with Crippen LogP contribution in [0.5, 0.6) is 0 Å². The van der Waals surface area contributed by atoms with E-state index in [2.05, 4.69) is 15.5 Å². The lowest BCUT2D eigenvalue weighted by atomic mass is 10.1. The molecule has 0 unspecified atom stereocenters. The summed E-state index contributed by atoms with van der Waals surface area (Å²) in [5.74, 6) is 0.263. The van der Waals surface area contributed by atoms with Gasteiger partial charge in [-0.15, -0.1) is 21.5 Å². The number of aromatic nitrogens is 4. The van der Waals surface area contributed by atoms with E-state index >= 15 is 0 Å². The molecule has 0 saturated carbocycles. The maximum Gasteiger partial charge on any atom is 0.282 e. The molecule has 10 heteroatoms. The summed E-state index contributed by atoms with van der Waals surface area (Å²) in [6, 6.07) is 8.02. The molecule has 0 fully saturated rings. The highest BCUT2D eigenvalue weighted by atomic mass is 32.2. The SMILES string of the molecule is Cc1ccc(CNC(=O)c2nnc(CSc3nc4sc5c(c4c(=O)n3C)CCC5)s2)cc1. The first-order chi connectivity index (χ1) is 15.5. The van der Waals surface area contributed by atoms with Gasteiger partial charge in [-0.05, 0) is 37.3 Å². The second-order valence-corrected chi connectivity index (χ2v) is 10.8. The summed E-state index contributed by atoms with van der Waals surface area (Å²) in [6.07, 6.45) is 3.13. The molecule has 1 N–H and O–H groups in total. The van der Waals surface area contributed by atoms with Gasteiger partial charge in [0.25, 0.3) is 11.5 Å². The molecule has 0 spiro atoms. The number of aryl methyl sites for hydroxylation is 3. The van der Waals surface area contributed by atoms with Crippen molar-refractivity contribution in [1.29, 1.82) is 0 Å². The van der Waals surface area contributed by atoms with Gasteiger partial charge < -0.3 is 5.32 Å². The first-order valence-electron chi connectivity index (χ1n) is 10.3. The van der Waals surface area contributed by atoms with Crippen LogP contribution in [0, 0.1) is 6.92 Å². The van der Waals surface area contributed by atoms with E-state index in [1.165, 1.54) is 39.1 Å². The molecule has 0 saturated heterocycles. The molecule has 3 aromatic heterocycles. The molecule has 3 heterocycles. The summed E-state index contributed by atoms with van der Waals surface area (Å²) in [5, 5.41) is 13.6. The van der Waals surface area contributed by atoms with Gasteiger partial charge in [0.15, 0.2) is 5.16 Å². The number of nitrogens with one attached hydrogen (secondary N) is 1. The highest BCUT2D eigenvalue weighted by Gasteiger charge is 2.22. The van der Waals surface area contributed by atoms with Crippen molar-refractivity contribution < 1.29 is 4.79 Å². The largest absolute Gasteiger partial charge is 0.346 e. The molecule has 4 aromatic rings. The van der Waals surface area contributed by atoms with Crippen molar-refractivity contribution in [3.8, 4) is 0 Å². The van der Waals surface area contributed by atoms with Gasteiger partial charge >= 0.3 is 0 Å². The molecule has 0 radical (unpaired) electrons. The maximum atomic E-state index is 12.9. The third kappa shape index (κ3) is 4.10. The van der Waals surface area contributed by atoms with Crippen LogP contribution in [-0.4, -0.2) is 25.7 Å². The van der Waals surface area contributed by atoms with E-state index in [1.54, 1.807) is 23.0 Å². The van der Waals surface area contributed by atoms with E-state index in [9.17, 15) is 9.59 Å². The van der Waals surface area contributed by atoms with Crippen LogP contribution >= 0.6 is 34.4 Å². The molecular weight excluding hydrogens is 462 g/mol. The van der Waals surface area contributed by atoms with Crippen molar-refractivity contribution in [3.63, 3.8) is 0 Å². The molecule has 1 aliphatic rings. The lowest BCUT2D eigenvalue weighted by molar-refractivity contribution is 0.0950. The number of benzene rings is 1. The first kappa shape index (κ1) is 21.3. The predicted octanol–water partition coefficient (Wildman–Crippen LogP) is 3.87. The fourth-order valence-corrected chi connectivity index (χ4v) is 6.74. The summed E-state index contributed by atoms with van der Waals surface area (Å²) in [5.41, 5.74) is 3.43. The topological polar surface area (TPSA) is 89.8 Å². The average Bonchev–Trinajstić information content (AvgIpc) is 3.50. The van der Waals surface area contributed by atoms with Crippen LogP contribution in [0.1, 0.15) is 42.8 Å². The molecule has 0 aliphatic heterocycles. The number of carbonyl (C=O) groups is 1. The van der Waals surface area contributed by atoms with Gasteiger partial charge in [0.2, 0.25) is 5.01 Å². The zero-order valence-electron chi connectivity index (χ0n) is 17.7. The van der Waals surface area contributed by atoms with E-state index in [0.717, 1.165) is 40.1 Å². The normalized spacial score (nSPS) is 12.9. The maximum absolute atomic E-state index is 12.9. The number of amides is 1. The molecule has 7 nitrogen and oxygen atoms in total. The quantitative estimate of drug-likeness (QED) is 0.331. The smallest absolute Gasteiger partial charge is 0.282 e. The lowest BCUT2D eigenvalue weighted by Crippen LogP contribution is -2.22. The molecule has 0 atom stereocenters. The Morgan fingerprint density at radius 1 is 1.19 bits per heavy atom. The number of hydrogen-bond donors (Lipinski definition) is 1. The van der Waals surface area contributed by atoms with Crippen LogP contribution in [-0.2, 0) is 32.2 Å². The van der Waals surface area contributed by atoms with E-state index in [-0.39, 0.29) is 11.5 Å². The number of nitrogens with zero attached hydrogens (tertiary/aromatic N) is 4. The van der Waals surface area contributed by atoms with Crippen LogP contribution < -0.4 is 10.9 Å². The van der Waals surface area contributed by atoms with Crippen LogP contribution in [0.25, 0.3) is 10.2 Å². The molecule has 1 amide bonds. The Kier molecular flexibility index (Phi) is 5.83. The molecule has 5 rings (SSSR count). The van der Waals surface area contributed by atoms with Gasteiger partial charge in [-0.2, -0.15) is 0 Å². The van der Waals surface area contributed by atoms with Crippen molar-refractivity contribution in [1.82, 2.24) is 25.1 Å². The highest BCUT2D eigenvalue weighted by Crippen LogP contribution is 2.35. The van der Waals surface area contributed by atoms with E-state index in [1.807, 2.05) is 31.2 Å². The minimum absolute atomic E-state index is 0.0188. The Morgan fingerprint density at radius 3 is 2.81 bits per heavy atom. The standard InChI is InChI=1S/C22H21N5O2S3/c1-12-6-8-13(9-7-12)10-23-18(28)20-26-25-16(32-20)11-30-22-24-19-17(21(29)27(22)2)14-4-3-5-15(14)31-19/h6-9H,3-5,10-11H2,1-2H3,(H,23,28). The zero-order valence-corrected chi connectivity index (χ0v) is 20.1. The monoisotopic (exact) mass is 483 g/mol. The second kappa shape index (κ2) is 8.76. The van der Waals surface area contributed by atoms with Gasteiger partial charge in [0.05, 0.1) is 11.1 Å². The summed E-state index contributed by atoms with van der Waals surface area (Å²) in [7, 11) is 1.76. The van der Waals surface area contributed by atoms with Gasteiger partial charge in [0, 0.05) is 18.5 Å². The summed E-state index contributed by atoms with van der Waals surface area (Å²) in [6.45, 7) is 2.47. The van der Waals surface area contributed by atoms with Crippen LogP contribution in [0.15, 0.2) is 34.2 Å². The zero-order chi connectivity index (χ0) is 22.2. The van der Waals surface area contributed by atoms with Gasteiger partial charge in [-0.1, -0.05) is 52.9 Å². The fourth-order valence-electron chi connectivity index (χ4n) is 3.73. The molecule has 32 heavy (non-hydrogen) atoms. The Bertz CT molecular complexity index is 1370. The van der Waals surface area contributed by atoms with Crippen molar-refractivity contribution in [2.75, 3.05) is 0 Å². The van der Waals surface area contributed by atoms with Crippen molar-refractivity contribution >= 4 is 50.6 Å². The van der Waals surface area contributed by atoms with Gasteiger partial charge in [-0.25, -0.2) is 4.98 Å². The van der Waals surface area contributed by atoms with Gasteiger partial charge in [-0.3, -0.25) is 14.2 Å². The lowest BCUT2D eigenvalue weighted by Gasteiger charge is -2.06. The van der Waals surface area contributed by atoms with Crippen molar-refractivity contribution in [2.24, 2.45) is 7.05 Å². The van der Waals surface area contributed by atoms with E-state index in [4.69, 9.17) is 4.98 Å². The summed E-state index contributed by atoms with van der Waals surface area (Å²) >= 11 is 4.35. The molecule has 164 valence electrons. The molecule has 1 aromatic carbocycles. The van der Waals surface area contributed by atoms with Gasteiger partial charge in [0.1, 0.15) is 9.84 Å². The molecule has 0 bridgehead atoms. The Hall–Kier alpha value is -2.56. The fraction of sp³-hybridized carbons (Fsp3) is 0.318. The number of thiophene rings is 1. The minimum Gasteiger partial charge on any atom is -0.346 e. The number of fused-ring (bicyclic) bond motifs is 3. The Labute approximate surface area is 196 Å². The Morgan fingerprint density at radius 2 is 2.00 bits per heavy atom. The van der Waals surface area contributed by atoms with Crippen molar-refractivity contribution in [3.05, 3.63) is 66.2 Å². The number of thioether (sulfide) groups is 1. The molecule has 1 aliphatic carbocycles. The van der Waals surface area contributed by atoms with E-state index < -0.39 is 0 Å². The third-order valence-corrected chi connectivity index (χ3v) is 8.80. The third-order valence-electron chi connectivity index (χ3n) is 5.46. The van der Waals surface area contributed by atoms with Crippen LogP contribution in [0.4, 0.5) is 0 Å². The van der Waals surface area contributed by atoms with Crippen LogP contribution in [0.2, 0.25) is 0 Å². The minimum atomic E-state index is -0.237. The average molecular weight is 484 g/mol. The second-order valence-electron chi connectivity index (χ2n) is 7.75. The Balaban J connectivity index is 1.25. The van der Waals surface area contributed by atoms with Crippen molar-refractivity contribution in [2.45, 2.75) is 43.6 Å². The molecular formula is C22H21N5O2S3. The predicted molar refractivity (Wildman–Crippen MR) is 129 cm³/mol. The number of hydrogen-bond acceptors (Lipinski definition) is 8. The summed E-state index contributed by atoms with van der Waals surface area (Å²) < 4.78 is 1.62. The van der Waals surface area contributed by atoms with E-state index in [0.29, 0.717) is 22.5 Å². The number of rotatable bonds is 6. The summed E-state index contributed by atoms with van der Waals surface area (Å²) in [4.78, 5) is 32.2.